The molecule has 0 unspecified atom stereocenters. The van der Waals surface area contributed by atoms with Crippen LogP contribution in [0.15, 0.2) is 52.0 Å². The van der Waals surface area contributed by atoms with Gasteiger partial charge in [0.1, 0.15) is 35.1 Å². The van der Waals surface area contributed by atoms with E-state index in [4.69, 9.17) is 4.74 Å². The molecule has 9 heteroatoms. The summed E-state index contributed by atoms with van der Waals surface area (Å²) >= 11 is 3.14. The summed E-state index contributed by atoms with van der Waals surface area (Å²) in [6.07, 6.45) is 3.21. The highest BCUT2D eigenvalue weighted by Crippen LogP contribution is 2.21. The number of benzene rings is 1. The van der Waals surface area contributed by atoms with Gasteiger partial charge in [-0.2, -0.15) is 4.98 Å². The van der Waals surface area contributed by atoms with Crippen LogP contribution in [0.2, 0.25) is 0 Å². The molecule has 0 bridgehead atoms. The summed E-state index contributed by atoms with van der Waals surface area (Å²) < 4.78 is 33.4. The lowest BCUT2D eigenvalue weighted by atomic mass is 10.2. The van der Waals surface area contributed by atoms with Crippen molar-refractivity contribution in [2.45, 2.75) is 19.8 Å². The van der Waals surface area contributed by atoms with Crippen molar-refractivity contribution in [2.24, 2.45) is 0 Å². The first-order valence-corrected chi connectivity index (χ1v) is 8.64. The molecule has 2 aromatic heterocycles. The van der Waals surface area contributed by atoms with Crippen molar-refractivity contribution in [3.05, 3.63) is 86.1 Å². The molecule has 0 saturated heterocycles. The molecule has 0 amide bonds. The number of rotatable bonds is 6. The average Bonchev–Trinajstić information content (AvgIpc) is 2.67. The van der Waals surface area contributed by atoms with Crippen molar-refractivity contribution >= 4 is 15.9 Å². The highest BCUT2D eigenvalue weighted by molar-refractivity contribution is 9.10. The van der Waals surface area contributed by atoms with E-state index in [1.165, 1.54) is 10.6 Å². The van der Waals surface area contributed by atoms with Crippen LogP contribution in [0, 0.1) is 11.6 Å². The van der Waals surface area contributed by atoms with Crippen molar-refractivity contribution < 1.29 is 18.6 Å². The largest absolute Gasteiger partial charge is 0.472 e. The standard InChI is InChI=1S/C18H14BrF2N3O3/c19-16-17(27-10-12-3-4-13(20)6-14(12)21)23-15(9-25)24(18(16)26)8-11-2-1-5-22-7-11/h1-7,25H,8-10H2. The molecule has 2 heterocycles. The Labute approximate surface area is 161 Å². The fraction of sp³-hybridized carbons (Fsp3) is 0.167. The van der Waals surface area contributed by atoms with Gasteiger partial charge in [0.15, 0.2) is 0 Å². The van der Waals surface area contributed by atoms with Crippen molar-refractivity contribution in [3.63, 3.8) is 0 Å². The molecule has 3 rings (SSSR count). The van der Waals surface area contributed by atoms with Gasteiger partial charge in [-0.1, -0.05) is 6.07 Å². The summed E-state index contributed by atoms with van der Waals surface area (Å²) in [7, 11) is 0. The van der Waals surface area contributed by atoms with E-state index < -0.39 is 23.8 Å². The van der Waals surface area contributed by atoms with Gasteiger partial charge in [0.2, 0.25) is 5.88 Å². The maximum atomic E-state index is 13.7. The molecule has 0 aliphatic rings. The summed E-state index contributed by atoms with van der Waals surface area (Å²) in [5.41, 5.74) is 0.396. The molecule has 0 fully saturated rings. The molecule has 0 aliphatic carbocycles. The van der Waals surface area contributed by atoms with Crippen LogP contribution in [-0.4, -0.2) is 19.6 Å². The molecule has 1 aromatic carbocycles. The third kappa shape index (κ3) is 4.37. The Bertz CT molecular complexity index is 1010. The van der Waals surface area contributed by atoms with Gasteiger partial charge in [0, 0.05) is 24.0 Å². The number of hydrogen-bond acceptors (Lipinski definition) is 5. The number of aliphatic hydroxyl groups excluding tert-OH is 1. The van der Waals surface area contributed by atoms with Crippen LogP contribution < -0.4 is 10.3 Å². The van der Waals surface area contributed by atoms with Crippen LogP contribution in [0.4, 0.5) is 8.78 Å². The Morgan fingerprint density at radius 1 is 1.26 bits per heavy atom. The molecule has 27 heavy (non-hydrogen) atoms. The Morgan fingerprint density at radius 2 is 2.07 bits per heavy atom. The van der Waals surface area contributed by atoms with E-state index in [9.17, 15) is 18.7 Å². The minimum Gasteiger partial charge on any atom is -0.472 e. The lowest BCUT2D eigenvalue weighted by molar-refractivity contribution is 0.249. The van der Waals surface area contributed by atoms with Gasteiger partial charge in [-0.3, -0.25) is 14.3 Å². The molecule has 6 nitrogen and oxygen atoms in total. The Balaban J connectivity index is 1.89. The minimum atomic E-state index is -0.765. The van der Waals surface area contributed by atoms with Gasteiger partial charge < -0.3 is 9.84 Å². The summed E-state index contributed by atoms with van der Waals surface area (Å²) in [5.74, 6) is -1.47. The van der Waals surface area contributed by atoms with Gasteiger partial charge in [0.05, 0.1) is 6.54 Å². The van der Waals surface area contributed by atoms with E-state index in [1.807, 2.05) is 0 Å². The second-order valence-electron chi connectivity index (χ2n) is 5.58. The number of aromatic nitrogens is 3. The van der Waals surface area contributed by atoms with Crippen molar-refractivity contribution in [1.82, 2.24) is 14.5 Å². The fourth-order valence-corrected chi connectivity index (χ4v) is 2.81. The minimum absolute atomic E-state index is 0.0334. The number of hydrogen-bond donors (Lipinski definition) is 1. The van der Waals surface area contributed by atoms with Gasteiger partial charge in [0.25, 0.3) is 5.56 Å². The normalized spacial score (nSPS) is 10.8. The molecule has 0 atom stereocenters. The maximum absolute atomic E-state index is 13.7. The first-order chi connectivity index (χ1) is 13.0. The Morgan fingerprint density at radius 3 is 2.74 bits per heavy atom. The second kappa shape index (κ2) is 8.36. The van der Waals surface area contributed by atoms with Gasteiger partial charge >= 0.3 is 0 Å². The molecule has 0 spiro atoms. The van der Waals surface area contributed by atoms with Crippen LogP contribution in [0.1, 0.15) is 17.0 Å². The third-order valence-corrected chi connectivity index (χ3v) is 4.43. The van der Waals surface area contributed by atoms with Crippen molar-refractivity contribution in [1.29, 1.82) is 0 Å². The van der Waals surface area contributed by atoms with Crippen LogP contribution in [-0.2, 0) is 19.8 Å². The second-order valence-corrected chi connectivity index (χ2v) is 6.38. The molecule has 0 aliphatic heterocycles. The average molecular weight is 438 g/mol. The molecular weight excluding hydrogens is 424 g/mol. The lowest BCUT2D eigenvalue weighted by Crippen LogP contribution is -2.27. The molecule has 140 valence electrons. The van der Waals surface area contributed by atoms with Crippen LogP contribution in [0.5, 0.6) is 5.88 Å². The molecule has 1 N–H and O–H groups in total. The van der Waals surface area contributed by atoms with E-state index in [-0.39, 0.29) is 34.9 Å². The molecular formula is C18H14BrF2N3O3. The SMILES string of the molecule is O=c1c(Br)c(OCc2ccc(F)cc2F)nc(CO)n1Cc1cccnc1. The van der Waals surface area contributed by atoms with E-state index in [0.29, 0.717) is 0 Å². The van der Waals surface area contributed by atoms with Gasteiger partial charge in [-0.05, 0) is 39.7 Å². The van der Waals surface area contributed by atoms with Crippen molar-refractivity contribution in [3.8, 4) is 5.88 Å². The monoisotopic (exact) mass is 437 g/mol. The zero-order valence-electron chi connectivity index (χ0n) is 13.9. The first kappa shape index (κ1) is 19.1. The summed E-state index contributed by atoms with van der Waals surface area (Å²) in [6, 6.07) is 6.61. The highest BCUT2D eigenvalue weighted by atomic mass is 79.9. The smallest absolute Gasteiger partial charge is 0.272 e. The van der Waals surface area contributed by atoms with Gasteiger partial charge in [-0.25, -0.2) is 8.78 Å². The molecule has 3 aromatic rings. The predicted molar refractivity (Wildman–Crippen MR) is 96.1 cm³/mol. The van der Waals surface area contributed by atoms with Crippen molar-refractivity contribution in [2.75, 3.05) is 0 Å². The van der Waals surface area contributed by atoms with E-state index in [0.717, 1.165) is 17.7 Å². The van der Waals surface area contributed by atoms with E-state index in [2.05, 4.69) is 25.9 Å². The third-order valence-electron chi connectivity index (χ3n) is 3.75. The number of aliphatic hydroxyl groups is 1. The number of halogens is 3. The first-order valence-electron chi connectivity index (χ1n) is 7.85. The number of pyridine rings is 1. The summed E-state index contributed by atoms with van der Waals surface area (Å²) in [6.45, 7) is -0.584. The topological polar surface area (TPSA) is 77.2 Å². The fourth-order valence-electron chi connectivity index (χ4n) is 2.39. The quantitative estimate of drug-likeness (QED) is 0.641. The predicted octanol–water partition coefficient (Wildman–Crippen LogP) is 2.80. The highest BCUT2D eigenvalue weighted by Gasteiger charge is 2.17. The zero-order chi connectivity index (χ0) is 19.4. The number of ether oxygens (including phenoxy) is 1. The lowest BCUT2D eigenvalue weighted by Gasteiger charge is -2.14. The zero-order valence-corrected chi connectivity index (χ0v) is 15.5. The Kier molecular flexibility index (Phi) is 5.92. The Hall–Kier alpha value is -2.65. The van der Waals surface area contributed by atoms with Crippen LogP contribution in [0.25, 0.3) is 0 Å². The molecule has 0 radical (unpaired) electrons. The van der Waals surface area contributed by atoms with E-state index >= 15 is 0 Å². The van der Waals surface area contributed by atoms with E-state index in [1.54, 1.807) is 24.5 Å². The summed E-state index contributed by atoms with van der Waals surface area (Å²) in [5, 5.41) is 9.59. The van der Waals surface area contributed by atoms with Crippen LogP contribution in [0.3, 0.4) is 0 Å². The molecule has 0 saturated carbocycles. The van der Waals surface area contributed by atoms with Crippen LogP contribution >= 0.6 is 15.9 Å². The maximum Gasteiger partial charge on any atom is 0.272 e. The van der Waals surface area contributed by atoms with Gasteiger partial charge in [-0.15, -0.1) is 0 Å². The number of nitrogens with zero attached hydrogens (tertiary/aromatic N) is 3. The summed E-state index contributed by atoms with van der Waals surface area (Å²) in [4.78, 5) is 20.8.